The summed E-state index contributed by atoms with van der Waals surface area (Å²) in [6.45, 7) is 0.399. The summed E-state index contributed by atoms with van der Waals surface area (Å²) >= 11 is 0. The van der Waals surface area contributed by atoms with Crippen LogP contribution in [0.2, 0.25) is 0 Å². The predicted molar refractivity (Wildman–Crippen MR) is 32.2 cm³/mol. The molecule has 1 atom stereocenters. The lowest BCUT2D eigenvalue weighted by atomic mass is 10.1. The van der Waals surface area contributed by atoms with Crippen LogP contribution in [0.1, 0.15) is 6.42 Å². The first kappa shape index (κ1) is 5.65. The fourth-order valence-corrected chi connectivity index (χ4v) is 1.34. The van der Waals surface area contributed by atoms with Gasteiger partial charge in [-0.05, 0) is 6.08 Å². The highest BCUT2D eigenvalue weighted by Crippen LogP contribution is 2.29. The van der Waals surface area contributed by atoms with Gasteiger partial charge in [0, 0.05) is 17.9 Å². The molecule has 1 fully saturated rings. The van der Waals surface area contributed by atoms with Crippen LogP contribution in [0.15, 0.2) is 11.6 Å². The fraction of sp³-hybridized carbons (Fsp3) is 0.429. The van der Waals surface area contributed by atoms with E-state index in [0.717, 1.165) is 0 Å². The van der Waals surface area contributed by atoms with Gasteiger partial charge in [0.05, 0.1) is 6.61 Å². The number of esters is 1. The first-order chi connectivity index (χ1) is 4.77. The van der Waals surface area contributed by atoms with Crippen molar-refractivity contribution in [3.63, 3.8) is 0 Å². The van der Waals surface area contributed by atoms with E-state index in [9.17, 15) is 9.59 Å². The molecule has 2 rings (SSSR count). The summed E-state index contributed by atoms with van der Waals surface area (Å²) in [5.74, 6) is -0.187. The minimum absolute atomic E-state index is 0.0525. The van der Waals surface area contributed by atoms with Crippen LogP contribution in [-0.4, -0.2) is 18.4 Å². The lowest BCUT2D eigenvalue weighted by Gasteiger charge is -1.93. The molecule has 52 valence electrons. The molecule has 0 aromatic heterocycles. The molecule has 0 saturated carbocycles. The lowest BCUT2D eigenvalue weighted by molar-refractivity contribution is -0.135. The maximum atomic E-state index is 10.8. The highest BCUT2D eigenvalue weighted by Gasteiger charge is 2.36. The Labute approximate surface area is 57.7 Å². The average molecular weight is 138 g/mol. The Kier molecular flexibility index (Phi) is 0.952. The molecular formula is C7H6O3. The predicted octanol–water partition coefficient (Wildman–Crippen LogP) is 0.0586. The molecule has 0 radical (unpaired) electrons. The molecule has 0 amide bonds. The van der Waals surface area contributed by atoms with Crippen LogP contribution in [0.4, 0.5) is 0 Å². The molecule has 3 nitrogen and oxygen atoms in total. The molecule has 10 heavy (non-hydrogen) atoms. The SMILES string of the molecule is O=C1C=C2C(=O)OCC2C1. The third-order valence-electron chi connectivity index (χ3n) is 1.86. The van der Waals surface area contributed by atoms with Gasteiger partial charge in [0.15, 0.2) is 5.78 Å². The molecule has 0 bridgehead atoms. The number of ether oxygens (including phenoxy) is 1. The number of hydrogen-bond acceptors (Lipinski definition) is 3. The Bertz CT molecular complexity index is 239. The molecule has 0 spiro atoms. The van der Waals surface area contributed by atoms with Gasteiger partial charge in [-0.1, -0.05) is 0 Å². The third kappa shape index (κ3) is 0.602. The Balaban J connectivity index is 2.37. The van der Waals surface area contributed by atoms with Crippen molar-refractivity contribution in [2.45, 2.75) is 6.42 Å². The number of rotatable bonds is 0. The average Bonchev–Trinajstić information content (AvgIpc) is 2.35. The van der Waals surface area contributed by atoms with Gasteiger partial charge in [-0.15, -0.1) is 0 Å². The minimum atomic E-state index is -0.309. The molecule has 1 aliphatic heterocycles. The van der Waals surface area contributed by atoms with Crippen molar-refractivity contribution in [2.24, 2.45) is 5.92 Å². The molecule has 1 unspecified atom stereocenters. The zero-order chi connectivity index (χ0) is 7.14. The maximum Gasteiger partial charge on any atom is 0.334 e. The van der Waals surface area contributed by atoms with E-state index in [-0.39, 0.29) is 17.7 Å². The zero-order valence-electron chi connectivity index (χ0n) is 5.29. The van der Waals surface area contributed by atoms with E-state index in [4.69, 9.17) is 4.74 Å². The van der Waals surface area contributed by atoms with Crippen molar-refractivity contribution in [1.82, 2.24) is 0 Å². The number of ketones is 1. The van der Waals surface area contributed by atoms with E-state index >= 15 is 0 Å². The third-order valence-corrected chi connectivity index (χ3v) is 1.86. The van der Waals surface area contributed by atoms with Gasteiger partial charge in [0.1, 0.15) is 0 Å². The summed E-state index contributed by atoms with van der Waals surface area (Å²) in [6, 6.07) is 0. The van der Waals surface area contributed by atoms with E-state index in [1.807, 2.05) is 0 Å². The Morgan fingerprint density at radius 1 is 1.50 bits per heavy atom. The molecule has 0 aromatic carbocycles. The summed E-state index contributed by atoms with van der Waals surface area (Å²) in [7, 11) is 0. The standard InChI is InChI=1S/C7H6O3/c8-5-1-4-3-10-7(9)6(4)2-5/h2,4H,1,3H2. The van der Waals surface area contributed by atoms with Gasteiger partial charge >= 0.3 is 5.97 Å². The number of cyclic esters (lactones) is 1. The van der Waals surface area contributed by atoms with E-state index in [0.29, 0.717) is 18.6 Å². The highest BCUT2D eigenvalue weighted by molar-refractivity contribution is 6.05. The summed E-state index contributed by atoms with van der Waals surface area (Å²) in [5.41, 5.74) is 0.574. The number of fused-ring (bicyclic) bond motifs is 1. The normalized spacial score (nSPS) is 30.0. The summed E-state index contributed by atoms with van der Waals surface area (Å²) in [5, 5.41) is 0. The van der Waals surface area contributed by atoms with Gasteiger partial charge in [0.25, 0.3) is 0 Å². The van der Waals surface area contributed by atoms with Crippen molar-refractivity contribution >= 4 is 11.8 Å². The number of carbonyl (C=O) groups excluding carboxylic acids is 2. The van der Waals surface area contributed by atoms with Crippen molar-refractivity contribution in [1.29, 1.82) is 0 Å². The molecule has 3 heteroatoms. The van der Waals surface area contributed by atoms with Crippen molar-refractivity contribution < 1.29 is 14.3 Å². The van der Waals surface area contributed by atoms with Crippen LogP contribution < -0.4 is 0 Å². The quantitative estimate of drug-likeness (QED) is 0.444. The van der Waals surface area contributed by atoms with Crippen molar-refractivity contribution in [3.8, 4) is 0 Å². The van der Waals surface area contributed by atoms with Crippen LogP contribution in [0, 0.1) is 5.92 Å². The maximum absolute atomic E-state index is 10.8. The van der Waals surface area contributed by atoms with Gasteiger partial charge in [-0.2, -0.15) is 0 Å². The van der Waals surface area contributed by atoms with Crippen molar-refractivity contribution in [3.05, 3.63) is 11.6 Å². The topological polar surface area (TPSA) is 43.4 Å². The second kappa shape index (κ2) is 1.68. The van der Waals surface area contributed by atoms with Crippen LogP contribution in [0.3, 0.4) is 0 Å². The zero-order valence-corrected chi connectivity index (χ0v) is 5.29. The Morgan fingerprint density at radius 2 is 2.30 bits per heavy atom. The monoisotopic (exact) mass is 138 g/mol. The van der Waals surface area contributed by atoms with Gasteiger partial charge < -0.3 is 4.74 Å². The second-order valence-electron chi connectivity index (χ2n) is 2.57. The van der Waals surface area contributed by atoms with Crippen molar-refractivity contribution in [2.75, 3.05) is 6.61 Å². The van der Waals surface area contributed by atoms with Crippen LogP contribution in [0.25, 0.3) is 0 Å². The molecule has 2 aliphatic rings. The first-order valence-corrected chi connectivity index (χ1v) is 3.19. The highest BCUT2D eigenvalue weighted by atomic mass is 16.5. The number of allylic oxidation sites excluding steroid dienone is 1. The molecule has 0 aromatic rings. The number of carbonyl (C=O) groups is 2. The lowest BCUT2D eigenvalue weighted by Crippen LogP contribution is -1.99. The fourth-order valence-electron chi connectivity index (χ4n) is 1.34. The van der Waals surface area contributed by atoms with Crippen LogP contribution in [-0.2, 0) is 14.3 Å². The molecular weight excluding hydrogens is 132 g/mol. The Morgan fingerprint density at radius 3 is 3.00 bits per heavy atom. The molecule has 1 aliphatic carbocycles. The summed E-state index contributed by atoms with van der Waals surface area (Å²) in [4.78, 5) is 21.5. The summed E-state index contributed by atoms with van der Waals surface area (Å²) < 4.78 is 4.71. The number of hydrogen-bond donors (Lipinski definition) is 0. The van der Waals surface area contributed by atoms with Gasteiger partial charge in [-0.3, -0.25) is 4.79 Å². The molecule has 1 saturated heterocycles. The van der Waals surface area contributed by atoms with Crippen LogP contribution >= 0.6 is 0 Å². The van der Waals surface area contributed by atoms with Gasteiger partial charge in [0.2, 0.25) is 0 Å². The smallest absolute Gasteiger partial charge is 0.334 e. The van der Waals surface area contributed by atoms with E-state index in [2.05, 4.69) is 0 Å². The second-order valence-corrected chi connectivity index (χ2v) is 2.57. The minimum Gasteiger partial charge on any atom is -0.462 e. The van der Waals surface area contributed by atoms with E-state index < -0.39 is 0 Å². The molecule has 1 heterocycles. The summed E-state index contributed by atoms with van der Waals surface area (Å²) in [6.07, 6.45) is 1.86. The van der Waals surface area contributed by atoms with Crippen LogP contribution in [0.5, 0.6) is 0 Å². The Hall–Kier alpha value is -1.12. The largest absolute Gasteiger partial charge is 0.462 e. The van der Waals surface area contributed by atoms with Gasteiger partial charge in [-0.25, -0.2) is 4.79 Å². The molecule has 0 N–H and O–H groups in total. The first-order valence-electron chi connectivity index (χ1n) is 3.19. The van der Waals surface area contributed by atoms with E-state index in [1.165, 1.54) is 6.08 Å². The van der Waals surface area contributed by atoms with E-state index in [1.54, 1.807) is 0 Å².